The van der Waals surface area contributed by atoms with Gasteiger partial charge in [-0.15, -0.1) is 12.4 Å². The molecule has 0 aromatic heterocycles. The van der Waals surface area contributed by atoms with Gasteiger partial charge in [-0.05, 0) is 51.6 Å². The van der Waals surface area contributed by atoms with Crippen LogP contribution in [0.3, 0.4) is 0 Å². The number of carbonyl (C=O) groups excluding carboxylic acids is 1. The van der Waals surface area contributed by atoms with Crippen molar-refractivity contribution in [1.82, 2.24) is 10.2 Å². The maximum absolute atomic E-state index is 11.6. The van der Waals surface area contributed by atoms with Gasteiger partial charge in [0.1, 0.15) is 0 Å². The van der Waals surface area contributed by atoms with Crippen molar-refractivity contribution in [3.8, 4) is 0 Å². The molecule has 0 unspecified atom stereocenters. The molecule has 106 valence electrons. The molecule has 5 heteroatoms. The molecule has 1 heterocycles. The lowest BCUT2D eigenvalue weighted by Gasteiger charge is -2.29. The summed E-state index contributed by atoms with van der Waals surface area (Å²) in [5, 5.41) is 3.38. The van der Waals surface area contributed by atoms with Crippen LogP contribution in [0, 0.1) is 5.92 Å². The van der Waals surface area contributed by atoms with Crippen molar-refractivity contribution in [1.29, 1.82) is 0 Å². The molecule has 0 amide bonds. The Bertz CT molecular complexity index is 253. The number of nitrogens with one attached hydrogen (secondary N) is 1. The maximum atomic E-state index is 11.6. The summed E-state index contributed by atoms with van der Waals surface area (Å²) in [5.41, 5.74) is 0. The van der Waals surface area contributed by atoms with Gasteiger partial charge in [0.15, 0.2) is 0 Å². The summed E-state index contributed by atoms with van der Waals surface area (Å²) < 4.78 is 5.05. The fraction of sp³-hybridized carbons (Fsp3) is 0.923. The monoisotopic (exact) mass is 276 g/mol. The van der Waals surface area contributed by atoms with Crippen molar-refractivity contribution in [2.45, 2.75) is 38.6 Å². The van der Waals surface area contributed by atoms with E-state index in [1.54, 1.807) is 0 Å². The number of carbonyl (C=O) groups is 1. The second-order valence-corrected chi connectivity index (χ2v) is 5.16. The van der Waals surface area contributed by atoms with Crippen LogP contribution in [0.5, 0.6) is 0 Å². The van der Waals surface area contributed by atoms with Gasteiger partial charge >= 0.3 is 5.97 Å². The van der Waals surface area contributed by atoms with Gasteiger partial charge in [-0.2, -0.15) is 0 Å². The molecule has 2 aliphatic rings. The van der Waals surface area contributed by atoms with Gasteiger partial charge in [-0.3, -0.25) is 9.69 Å². The van der Waals surface area contributed by atoms with Gasteiger partial charge in [0.05, 0.1) is 13.2 Å². The van der Waals surface area contributed by atoms with Crippen LogP contribution in [0.4, 0.5) is 0 Å². The number of halogens is 1. The topological polar surface area (TPSA) is 41.6 Å². The highest BCUT2D eigenvalue weighted by molar-refractivity contribution is 5.85. The van der Waals surface area contributed by atoms with E-state index in [9.17, 15) is 4.79 Å². The van der Waals surface area contributed by atoms with Crippen molar-refractivity contribution >= 4 is 18.4 Å². The first-order valence-electron chi connectivity index (χ1n) is 6.90. The normalized spacial score (nSPS) is 20.6. The number of ether oxygens (including phenoxy) is 1. The van der Waals surface area contributed by atoms with E-state index >= 15 is 0 Å². The largest absolute Gasteiger partial charge is 0.465 e. The molecule has 2 rings (SSSR count). The summed E-state index contributed by atoms with van der Waals surface area (Å²) >= 11 is 0. The van der Waals surface area contributed by atoms with E-state index in [1.165, 1.54) is 25.7 Å². The van der Waals surface area contributed by atoms with Crippen LogP contribution in [0.1, 0.15) is 32.6 Å². The lowest BCUT2D eigenvalue weighted by Crippen LogP contribution is -2.40. The minimum atomic E-state index is -0.0617. The minimum Gasteiger partial charge on any atom is -0.465 e. The molecule has 2 fully saturated rings. The average molecular weight is 277 g/mol. The highest BCUT2D eigenvalue weighted by atomic mass is 35.5. The molecule has 0 radical (unpaired) electrons. The molecule has 4 nitrogen and oxygen atoms in total. The van der Waals surface area contributed by atoms with E-state index in [-0.39, 0.29) is 18.4 Å². The van der Waals surface area contributed by atoms with E-state index in [2.05, 4.69) is 10.2 Å². The second kappa shape index (κ2) is 7.97. The lowest BCUT2D eigenvalue weighted by molar-refractivity contribution is -0.144. The first kappa shape index (κ1) is 15.7. The highest BCUT2D eigenvalue weighted by Crippen LogP contribution is 2.28. The summed E-state index contributed by atoms with van der Waals surface area (Å²) in [6.07, 6.45) is 4.99. The van der Waals surface area contributed by atoms with Crippen LogP contribution >= 0.6 is 12.4 Å². The molecule has 1 saturated heterocycles. The molecule has 1 saturated carbocycles. The predicted octanol–water partition coefficient (Wildman–Crippen LogP) is 1.44. The van der Waals surface area contributed by atoms with Gasteiger partial charge in [0.25, 0.3) is 0 Å². The van der Waals surface area contributed by atoms with Crippen molar-refractivity contribution in [2.75, 3.05) is 32.8 Å². The third-order valence-corrected chi connectivity index (χ3v) is 3.65. The smallest absolute Gasteiger partial charge is 0.320 e. The molecule has 0 bridgehead atoms. The Kier molecular flexibility index (Phi) is 6.97. The Balaban J connectivity index is 0.00000162. The van der Waals surface area contributed by atoms with Crippen LogP contribution in [-0.2, 0) is 9.53 Å². The number of hydrogen-bond donors (Lipinski definition) is 1. The van der Waals surface area contributed by atoms with Gasteiger partial charge in [0, 0.05) is 12.6 Å². The SMILES string of the molecule is CCOC(=O)CN(CC1CCNCC1)C1CC1.Cl. The second-order valence-electron chi connectivity index (χ2n) is 5.16. The van der Waals surface area contributed by atoms with E-state index < -0.39 is 0 Å². The molecule has 0 aromatic carbocycles. The van der Waals surface area contributed by atoms with Gasteiger partial charge < -0.3 is 10.1 Å². The highest BCUT2D eigenvalue weighted by Gasteiger charge is 2.32. The van der Waals surface area contributed by atoms with Crippen LogP contribution in [0.2, 0.25) is 0 Å². The molecule has 18 heavy (non-hydrogen) atoms. The summed E-state index contributed by atoms with van der Waals surface area (Å²) in [6.45, 7) is 6.18. The molecular formula is C13H25ClN2O2. The van der Waals surface area contributed by atoms with Crippen molar-refractivity contribution < 1.29 is 9.53 Å². The average Bonchev–Trinajstić information content (AvgIpc) is 3.14. The first-order valence-corrected chi connectivity index (χ1v) is 6.90. The van der Waals surface area contributed by atoms with Crippen molar-refractivity contribution in [3.63, 3.8) is 0 Å². The van der Waals surface area contributed by atoms with Crippen LogP contribution < -0.4 is 5.32 Å². The van der Waals surface area contributed by atoms with Crippen LogP contribution in [0.15, 0.2) is 0 Å². The summed E-state index contributed by atoms with van der Waals surface area (Å²) in [7, 11) is 0. The number of nitrogens with zero attached hydrogens (tertiary/aromatic N) is 1. The number of hydrogen-bond acceptors (Lipinski definition) is 4. The first-order chi connectivity index (χ1) is 8.29. The Morgan fingerprint density at radius 3 is 2.50 bits per heavy atom. The molecule has 1 N–H and O–H groups in total. The van der Waals surface area contributed by atoms with E-state index in [0.717, 1.165) is 25.6 Å². The van der Waals surface area contributed by atoms with E-state index in [4.69, 9.17) is 4.74 Å². The van der Waals surface area contributed by atoms with Crippen molar-refractivity contribution in [2.24, 2.45) is 5.92 Å². The van der Waals surface area contributed by atoms with E-state index in [0.29, 0.717) is 19.2 Å². The zero-order valence-electron chi connectivity index (χ0n) is 11.2. The minimum absolute atomic E-state index is 0. The van der Waals surface area contributed by atoms with Crippen LogP contribution in [-0.4, -0.2) is 49.7 Å². The third-order valence-electron chi connectivity index (χ3n) is 3.65. The maximum Gasteiger partial charge on any atom is 0.320 e. The van der Waals surface area contributed by atoms with Gasteiger partial charge in [-0.1, -0.05) is 0 Å². The molecule has 1 aliphatic heterocycles. The van der Waals surface area contributed by atoms with E-state index in [1.807, 2.05) is 6.92 Å². The number of piperidine rings is 1. The zero-order chi connectivity index (χ0) is 12.1. The Hall–Kier alpha value is -0.320. The van der Waals surface area contributed by atoms with Gasteiger partial charge in [0.2, 0.25) is 0 Å². The zero-order valence-corrected chi connectivity index (χ0v) is 12.0. The summed E-state index contributed by atoms with van der Waals surface area (Å²) in [6, 6.07) is 0.647. The fourth-order valence-corrected chi connectivity index (χ4v) is 2.55. The molecule has 0 spiro atoms. The molecule has 0 atom stereocenters. The van der Waals surface area contributed by atoms with Gasteiger partial charge in [-0.25, -0.2) is 0 Å². The standard InChI is InChI=1S/C13H24N2O2.ClH/c1-2-17-13(16)10-15(12-3-4-12)9-11-5-7-14-8-6-11;/h11-12,14H,2-10H2,1H3;1H. The third kappa shape index (κ3) is 5.12. The Morgan fingerprint density at radius 2 is 1.94 bits per heavy atom. The molecular weight excluding hydrogens is 252 g/mol. The Morgan fingerprint density at radius 1 is 1.28 bits per heavy atom. The molecule has 1 aliphatic carbocycles. The summed E-state index contributed by atoms with van der Waals surface area (Å²) in [5.74, 6) is 0.694. The molecule has 0 aromatic rings. The lowest BCUT2D eigenvalue weighted by atomic mass is 9.97. The van der Waals surface area contributed by atoms with Crippen molar-refractivity contribution in [3.05, 3.63) is 0 Å². The van der Waals surface area contributed by atoms with Crippen LogP contribution in [0.25, 0.3) is 0 Å². The summed E-state index contributed by atoms with van der Waals surface area (Å²) in [4.78, 5) is 13.9. The fourth-order valence-electron chi connectivity index (χ4n) is 2.55. The quantitative estimate of drug-likeness (QED) is 0.746. The number of rotatable bonds is 6. The predicted molar refractivity (Wildman–Crippen MR) is 74.1 cm³/mol. The number of esters is 1. The Labute approximate surface area is 116 Å².